The molecule has 0 spiro atoms. The summed E-state index contributed by atoms with van der Waals surface area (Å²) in [5, 5.41) is 7.89. The van der Waals surface area contributed by atoms with Crippen LogP contribution in [0.2, 0.25) is 0 Å². The monoisotopic (exact) mass is 816 g/mol. The van der Waals surface area contributed by atoms with E-state index in [2.05, 4.69) is 199 Å². The molecule has 13 aromatic rings. The first-order valence-electron chi connectivity index (χ1n) is 21.6. The van der Waals surface area contributed by atoms with E-state index in [1.807, 2.05) is 24.3 Å². The lowest BCUT2D eigenvalue weighted by Gasteiger charge is -2.13. The van der Waals surface area contributed by atoms with Crippen molar-refractivity contribution in [3.63, 3.8) is 0 Å². The summed E-state index contributed by atoms with van der Waals surface area (Å²) in [6.45, 7) is 0. The smallest absolute Gasteiger partial charge is 0.160 e. The second kappa shape index (κ2) is 14.5. The van der Waals surface area contributed by atoms with Crippen molar-refractivity contribution in [3.05, 3.63) is 218 Å². The maximum atomic E-state index is 6.42. The fraction of sp³-hybridized carbons (Fsp3) is 0. The Morgan fingerprint density at radius 1 is 0.328 bits per heavy atom. The van der Waals surface area contributed by atoms with Crippen LogP contribution in [0, 0.1) is 0 Å². The fourth-order valence-corrected chi connectivity index (χ4v) is 9.59. The molecule has 0 atom stereocenters. The Morgan fingerprint density at radius 2 is 0.922 bits per heavy atom. The molecule has 4 aromatic heterocycles. The molecule has 0 fully saturated rings. The number of hydrogen-bond acceptors (Lipinski definition) is 4. The lowest BCUT2D eigenvalue weighted by molar-refractivity contribution is 0.669. The lowest BCUT2D eigenvalue weighted by Crippen LogP contribution is -1.96. The molecular weight excluding hydrogens is 781 g/mol. The van der Waals surface area contributed by atoms with Gasteiger partial charge in [-0.15, -0.1) is 0 Å². The largest absolute Gasteiger partial charge is 0.456 e. The summed E-state index contributed by atoms with van der Waals surface area (Å²) >= 11 is 0. The Kier molecular flexibility index (Phi) is 8.15. The molecule has 0 unspecified atom stereocenters. The zero-order valence-electron chi connectivity index (χ0n) is 34.5. The molecule has 13 rings (SSSR count). The highest BCUT2D eigenvalue weighted by Crippen LogP contribution is 2.43. The van der Waals surface area contributed by atoms with Crippen molar-refractivity contribution in [1.82, 2.24) is 19.5 Å². The maximum absolute atomic E-state index is 6.42. The van der Waals surface area contributed by atoms with Crippen LogP contribution in [0.25, 0.3) is 127 Å². The van der Waals surface area contributed by atoms with Crippen molar-refractivity contribution in [3.8, 4) is 62.0 Å². The van der Waals surface area contributed by atoms with Gasteiger partial charge in [0.05, 0.1) is 33.6 Å². The van der Waals surface area contributed by atoms with Crippen LogP contribution in [-0.4, -0.2) is 19.5 Å². The number of hydrogen-bond donors (Lipinski definition) is 0. The minimum absolute atomic E-state index is 0.681. The van der Waals surface area contributed by atoms with E-state index in [4.69, 9.17) is 19.4 Å². The average molecular weight is 817 g/mol. The fourth-order valence-electron chi connectivity index (χ4n) is 9.59. The van der Waals surface area contributed by atoms with Crippen LogP contribution in [0.1, 0.15) is 0 Å². The van der Waals surface area contributed by atoms with Crippen molar-refractivity contribution < 1.29 is 4.42 Å². The molecule has 64 heavy (non-hydrogen) atoms. The first-order valence-corrected chi connectivity index (χ1v) is 21.6. The van der Waals surface area contributed by atoms with Gasteiger partial charge >= 0.3 is 0 Å². The zero-order chi connectivity index (χ0) is 42.1. The van der Waals surface area contributed by atoms with Gasteiger partial charge in [0.1, 0.15) is 11.2 Å². The van der Waals surface area contributed by atoms with Crippen molar-refractivity contribution in [2.75, 3.05) is 0 Å². The average Bonchev–Trinajstić information content (AvgIpc) is 3.92. The highest BCUT2D eigenvalue weighted by atomic mass is 16.3. The Morgan fingerprint density at radius 3 is 1.70 bits per heavy atom. The second-order valence-electron chi connectivity index (χ2n) is 16.3. The van der Waals surface area contributed by atoms with E-state index >= 15 is 0 Å². The Hall–Kier alpha value is -8.67. The van der Waals surface area contributed by atoms with E-state index < -0.39 is 0 Å². The van der Waals surface area contributed by atoms with Crippen LogP contribution in [0.5, 0.6) is 0 Å². The van der Waals surface area contributed by atoms with Crippen LogP contribution < -0.4 is 0 Å². The SMILES string of the molecule is c1ccc(-c2cc(-c3ccc(-c4ccc5nc(-c6ccccc6)c6ccc7oc8ccccc8c7c6c5c4)cc3)nc(-c3ccc4c(c3)c3ccccc3n4-c3ccccc3)n2)cc1. The molecule has 5 nitrogen and oxygen atoms in total. The van der Waals surface area contributed by atoms with E-state index in [9.17, 15) is 0 Å². The number of pyridine rings is 1. The summed E-state index contributed by atoms with van der Waals surface area (Å²) in [6, 6.07) is 76.6. The summed E-state index contributed by atoms with van der Waals surface area (Å²) in [6.07, 6.45) is 0. The van der Waals surface area contributed by atoms with Crippen molar-refractivity contribution in [2.24, 2.45) is 0 Å². The summed E-state index contributed by atoms with van der Waals surface area (Å²) in [5.74, 6) is 0.681. The molecule has 0 amide bonds. The molecule has 0 aliphatic rings. The van der Waals surface area contributed by atoms with Crippen molar-refractivity contribution in [2.45, 2.75) is 0 Å². The second-order valence-corrected chi connectivity index (χ2v) is 16.3. The van der Waals surface area contributed by atoms with Gasteiger partial charge < -0.3 is 8.98 Å². The predicted molar refractivity (Wildman–Crippen MR) is 264 cm³/mol. The van der Waals surface area contributed by atoms with Gasteiger partial charge in [-0.2, -0.15) is 0 Å². The van der Waals surface area contributed by atoms with E-state index in [0.29, 0.717) is 5.82 Å². The zero-order valence-corrected chi connectivity index (χ0v) is 34.5. The molecule has 5 heteroatoms. The van der Waals surface area contributed by atoms with Gasteiger partial charge in [0, 0.05) is 65.6 Å². The van der Waals surface area contributed by atoms with Gasteiger partial charge in [-0.25, -0.2) is 15.0 Å². The van der Waals surface area contributed by atoms with Crippen molar-refractivity contribution >= 4 is 65.4 Å². The summed E-state index contributed by atoms with van der Waals surface area (Å²) in [7, 11) is 0. The quantitative estimate of drug-likeness (QED) is 0.157. The number of aromatic nitrogens is 4. The number of fused-ring (bicyclic) bond motifs is 10. The molecule has 0 radical (unpaired) electrons. The Bertz CT molecular complexity index is 3930. The maximum Gasteiger partial charge on any atom is 0.160 e. The molecular formula is C59H36N4O. The molecule has 0 aliphatic heterocycles. The van der Waals surface area contributed by atoms with Gasteiger partial charge in [0.25, 0.3) is 0 Å². The Labute approximate surface area is 368 Å². The van der Waals surface area contributed by atoms with E-state index in [1.165, 1.54) is 5.39 Å². The van der Waals surface area contributed by atoms with Crippen LogP contribution in [0.15, 0.2) is 223 Å². The third kappa shape index (κ3) is 5.83. The first-order chi connectivity index (χ1) is 31.7. The minimum Gasteiger partial charge on any atom is -0.456 e. The topological polar surface area (TPSA) is 56.7 Å². The summed E-state index contributed by atoms with van der Waals surface area (Å²) in [4.78, 5) is 15.8. The standard InChI is InChI=1S/C59H36N4O/c1-4-14-38(15-5-1)50-36-51(62-59(61-50)42-29-32-53-47(35-42)44-20-10-12-22-52(44)63(53)43-18-8-3-9-19-43)39-26-24-37(25-27-39)41-28-31-49-48(34-41)56-46(58(60-49)40-16-6-2-7-17-40)30-33-55-57(56)45-21-11-13-23-54(45)64-55/h1-36H. The summed E-state index contributed by atoms with van der Waals surface area (Å²) < 4.78 is 8.75. The van der Waals surface area contributed by atoms with Crippen LogP contribution in [0.3, 0.4) is 0 Å². The number of furan rings is 1. The molecule has 9 aromatic carbocycles. The number of benzene rings is 9. The van der Waals surface area contributed by atoms with Crippen molar-refractivity contribution in [1.29, 1.82) is 0 Å². The lowest BCUT2D eigenvalue weighted by atomic mass is 9.94. The highest BCUT2D eigenvalue weighted by Gasteiger charge is 2.19. The molecule has 0 saturated heterocycles. The molecule has 0 saturated carbocycles. The first kappa shape index (κ1) is 36.0. The number of para-hydroxylation sites is 3. The number of rotatable bonds is 6. The molecule has 298 valence electrons. The molecule has 0 aliphatic carbocycles. The number of nitrogens with zero attached hydrogens (tertiary/aromatic N) is 4. The van der Waals surface area contributed by atoms with Crippen LogP contribution in [-0.2, 0) is 0 Å². The van der Waals surface area contributed by atoms with Gasteiger partial charge in [-0.05, 0) is 83.9 Å². The third-order valence-corrected chi connectivity index (χ3v) is 12.6. The van der Waals surface area contributed by atoms with Gasteiger partial charge in [0.2, 0.25) is 0 Å². The predicted octanol–water partition coefficient (Wildman–Crippen LogP) is 15.5. The van der Waals surface area contributed by atoms with Crippen LogP contribution >= 0.6 is 0 Å². The van der Waals surface area contributed by atoms with E-state index in [0.717, 1.165) is 116 Å². The third-order valence-electron chi connectivity index (χ3n) is 12.6. The van der Waals surface area contributed by atoms with Gasteiger partial charge in [-0.1, -0.05) is 146 Å². The van der Waals surface area contributed by atoms with Crippen LogP contribution in [0.4, 0.5) is 0 Å². The highest BCUT2D eigenvalue weighted by molar-refractivity contribution is 6.28. The Balaban J connectivity index is 0.942. The molecule has 4 heterocycles. The van der Waals surface area contributed by atoms with E-state index in [-0.39, 0.29) is 0 Å². The van der Waals surface area contributed by atoms with E-state index in [1.54, 1.807) is 0 Å². The summed E-state index contributed by atoms with van der Waals surface area (Å²) in [5.41, 5.74) is 15.1. The normalized spacial score (nSPS) is 11.8. The molecule has 0 N–H and O–H groups in total. The molecule has 0 bridgehead atoms. The van der Waals surface area contributed by atoms with Gasteiger partial charge in [0.15, 0.2) is 5.82 Å². The minimum atomic E-state index is 0.681. The van der Waals surface area contributed by atoms with Gasteiger partial charge in [-0.3, -0.25) is 0 Å².